The number of carbonyl (C=O) groups is 2. The molecule has 1 atom stereocenters. The Hall–Kier alpha value is -2.42. The summed E-state index contributed by atoms with van der Waals surface area (Å²) in [5.74, 6) is -1.25. The number of hydrogen-bond acceptors (Lipinski definition) is 5. The van der Waals surface area contributed by atoms with Crippen LogP contribution in [-0.4, -0.2) is 44.8 Å². The molecule has 0 aliphatic heterocycles. The van der Waals surface area contributed by atoms with Crippen LogP contribution in [0, 0.1) is 0 Å². The topological polar surface area (TPSA) is 92.8 Å². The second-order valence-corrected chi connectivity index (χ2v) is 8.45. The fourth-order valence-corrected chi connectivity index (χ4v) is 3.16. The Labute approximate surface area is 162 Å². The quantitative estimate of drug-likeness (QED) is 0.739. The molecule has 2 aromatic carbocycles. The highest BCUT2D eigenvalue weighted by Crippen LogP contribution is 2.17. The van der Waals surface area contributed by atoms with Crippen LogP contribution in [0.3, 0.4) is 0 Å². The molecule has 7 nitrogen and oxygen atoms in total. The Bertz CT molecular complexity index is 942. The highest BCUT2D eigenvalue weighted by molar-refractivity contribution is 7.89. The molecule has 1 amide bonds. The molecule has 0 saturated heterocycles. The van der Waals surface area contributed by atoms with Gasteiger partial charge in [0.05, 0.1) is 10.5 Å². The summed E-state index contributed by atoms with van der Waals surface area (Å²) in [4.78, 5) is 24.4. The van der Waals surface area contributed by atoms with E-state index in [4.69, 9.17) is 16.3 Å². The molecule has 2 aromatic rings. The van der Waals surface area contributed by atoms with Crippen LogP contribution in [0.4, 0.5) is 5.69 Å². The lowest BCUT2D eigenvalue weighted by atomic mass is 10.2. The normalized spacial score (nSPS) is 12.5. The van der Waals surface area contributed by atoms with Gasteiger partial charge in [-0.2, -0.15) is 0 Å². The van der Waals surface area contributed by atoms with Crippen molar-refractivity contribution in [3.8, 4) is 0 Å². The number of benzene rings is 2. The van der Waals surface area contributed by atoms with Crippen molar-refractivity contribution in [3.63, 3.8) is 0 Å². The maximum absolute atomic E-state index is 12.2. The Kier molecular flexibility index (Phi) is 6.59. The van der Waals surface area contributed by atoms with E-state index in [1.807, 2.05) is 0 Å². The Morgan fingerprint density at radius 3 is 2.30 bits per heavy atom. The molecule has 0 heterocycles. The number of rotatable bonds is 6. The van der Waals surface area contributed by atoms with E-state index in [1.165, 1.54) is 45.3 Å². The van der Waals surface area contributed by atoms with Gasteiger partial charge in [-0.05, 0) is 49.4 Å². The van der Waals surface area contributed by atoms with Gasteiger partial charge >= 0.3 is 5.97 Å². The van der Waals surface area contributed by atoms with Crippen molar-refractivity contribution in [3.05, 3.63) is 59.1 Å². The number of anilines is 1. The van der Waals surface area contributed by atoms with Crippen molar-refractivity contribution < 1.29 is 22.7 Å². The molecule has 144 valence electrons. The minimum absolute atomic E-state index is 0.0517. The Morgan fingerprint density at radius 1 is 1.11 bits per heavy atom. The van der Waals surface area contributed by atoms with Crippen LogP contribution in [0.25, 0.3) is 0 Å². The van der Waals surface area contributed by atoms with Gasteiger partial charge in [0.1, 0.15) is 0 Å². The first-order valence-corrected chi connectivity index (χ1v) is 9.73. The number of halogens is 1. The number of nitrogens with one attached hydrogen (secondary N) is 1. The average Bonchev–Trinajstić information content (AvgIpc) is 2.61. The van der Waals surface area contributed by atoms with Crippen LogP contribution < -0.4 is 5.32 Å². The molecule has 1 N–H and O–H groups in total. The number of ether oxygens (including phenoxy) is 1. The van der Waals surface area contributed by atoms with Crippen molar-refractivity contribution in [1.82, 2.24) is 4.31 Å². The fraction of sp³-hybridized carbons (Fsp3) is 0.222. The van der Waals surface area contributed by atoms with Crippen LogP contribution in [0.15, 0.2) is 53.4 Å². The summed E-state index contributed by atoms with van der Waals surface area (Å²) in [6.07, 6.45) is -1.05. The van der Waals surface area contributed by atoms with E-state index in [0.29, 0.717) is 10.7 Å². The van der Waals surface area contributed by atoms with Gasteiger partial charge in [-0.3, -0.25) is 4.79 Å². The van der Waals surface area contributed by atoms with E-state index in [1.54, 1.807) is 24.3 Å². The molecule has 0 radical (unpaired) electrons. The lowest BCUT2D eigenvalue weighted by molar-refractivity contribution is -0.123. The molecule has 0 fully saturated rings. The second-order valence-electron chi connectivity index (χ2n) is 5.86. The third-order valence-electron chi connectivity index (χ3n) is 3.61. The molecule has 0 aromatic heterocycles. The van der Waals surface area contributed by atoms with Gasteiger partial charge in [0, 0.05) is 24.8 Å². The molecular formula is C18H19ClN2O5S. The van der Waals surface area contributed by atoms with Crippen molar-refractivity contribution in [2.45, 2.75) is 17.9 Å². The number of sulfonamides is 1. The maximum atomic E-state index is 12.2. The van der Waals surface area contributed by atoms with Gasteiger partial charge < -0.3 is 10.1 Å². The zero-order valence-electron chi connectivity index (χ0n) is 15.0. The van der Waals surface area contributed by atoms with E-state index in [9.17, 15) is 18.0 Å². The minimum atomic E-state index is -3.59. The van der Waals surface area contributed by atoms with Crippen LogP contribution >= 0.6 is 11.6 Å². The first kappa shape index (κ1) is 20.9. The molecule has 27 heavy (non-hydrogen) atoms. The SMILES string of the molecule is C[C@H](OC(=O)c1ccc(S(=O)(=O)N(C)C)cc1)C(=O)Nc1cccc(Cl)c1. The monoisotopic (exact) mass is 410 g/mol. The first-order valence-electron chi connectivity index (χ1n) is 7.91. The summed E-state index contributed by atoms with van der Waals surface area (Å²) >= 11 is 5.85. The predicted molar refractivity (Wildman–Crippen MR) is 102 cm³/mol. The average molecular weight is 411 g/mol. The number of hydrogen-bond donors (Lipinski definition) is 1. The van der Waals surface area contributed by atoms with Crippen LogP contribution in [0.5, 0.6) is 0 Å². The van der Waals surface area contributed by atoms with Gasteiger partial charge in [0.25, 0.3) is 5.91 Å². The summed E-state index contributed by atoms with van der Waals surface area (Å²) in [6, 6.07) is 11.9. The summed E-state index contributed by atoms with van der Waals surface area (Å²) in [5, 5.41) is 3.06. The highest BCUT2D eigenvalue weighted by Gasteiger charge is 2.21. The molecule has 0 spiro atoms. The minimum Gasteiger partial charge on any atom is -0.449 e. The summed E-state index contributed by atoms with van der Waals surface area (Å²) in [7, 11) is -0.759. The predicted octanol–water partition coefficient (Wildman–Crippen LogP) is 2.77. The zero-order chi connectivity index (χ0) is 20.2. The Balaban J connectivity index is 2.02. The largest absolute Gasteiger partial charge is 0.449 e. The van der Waals surface area contributed by atoms with E-state index in [0.717, 1.165) is 4.31 Å². The van der Waals surface area contributed by atoms with Gasteiger partial charge in [0.15, 0.2) is 6.10 Å². The van der Waals surface area contributed by atoms with E-state index in [2.05, 4.69) is 5.32 Å². The molecule has 0 saturated carbocycles. The number of carbonyl (C=O) groups excluding carboxylic acids is 2. The van der Waals surface area contributed by atoms with Gasteiger partial charge in [-0.15, -0.1) is 0 Å². The first-order chi connectivity index (χ1) is 12.6. The van der Waals surface area contributed by atoms with E-state index >= 15 is 0 Å². The lowest BCUT2D eigenvalue weighted by Crippen LogP contribution is -2.30. The molecule has 9 heteroatoms. The van der Waals surface area contributed by atoms with Crippen molar-refractivity contribution in [2.75, 3.05) is 19.4 Å². The molecule has 0 bridgehead atoms. The van der Waals surface area contributed by atoms with Crippen molar-refractivity contribution in [1.29, 1.82) is 0 Å². The standard InChI is InChI=1S/C18H19ClN2O5S/c1-12(17(22)20-15-6-4-5-14(19)11-15)26-18(23)13-7-9-16(10-8-13)27(24,25)21(2)3/h4-12H,1-3H3,(H,20,22)/t12-/m0/s1. The van der Waals surface area contributed by atoms with Crippen molar-refractivity contribution in [2.24, 2.45) is 0 Å². The smallest absolute Gasteiger partial charge is 0.338 e. The van der Waals surface area contributed by atoms with Crippen molar-refractivity contribution >= 4 is 39.2 Å². The van der Waals surface area contributed by atoms with Gasteiger partial charge in [-0.25, -0.2) is 17.5 Å². The van der Waals surface area contributed by atoms with E-state index < -0.39 is 28.0 Å². The molecule has 2 rings (SSSR count). The Morgan fingerprint density at radius 2 is 1.74 bits per heavy atom. The van der Waals surface area contributed by atoms with Crippen LogP contribution in [0.1, 0.15) is 17.3 Å². The zero-order valence-corrected chi connectivity index (χ0v) is 16.5. The fourth-order valence-electron chi connectivity index (χ4n) is 2.07. The molecule has 0 aliphatic rings. The lowest BCUT2D eigenvalue weighted by Gasteiger charge is -2.14. The second kappa shape index (κ2) is 8.51. The molecule has 0 aliphatic carbocycles. The summed E-state index contributed by atoms with van der Waals surface area (Å²) in [5.41, 5.74) is 0.615. The summed E-state index contributed by atoms with van der Waals surface area (Å²) < 4.78 is 30.3. The van der Waals surface area contributed by atoms with Gasteiger partial charge in [-0.1, -0.05) is 17.7 Å². The van der Waals surface area contributed by atoms with Crippen LogP contribution in [0.2, 0.25) is 5.02 Å². The molecular weight excluding hydrogens is 392 g/mol. The summed E-state index contributed by atoms with van der Waals surface area (Å²) in [6.45, 7) is 1.43. The highest BCUT2D eigenvalue weighted by atomic mass is 35.5. The third-order valence-corrected chi connectivity index (χ3v) is 5.68. The number of nitrogens with zero attached hydrogens (tertiary/aromatic N) is 1. The van der Waals surface area contributed by atoms with Gasteiger partial charge in [0.2, 0.25) is 10.0 Å². The molecule has 0 unspecified atom stereocenters. The number of esters is 1. The van der Waals surface area contributed by atoms with E-state index in [-0.39, 0.29) is 10.5 Å². The van der Waals surface area contributed by atoms with Crippen LogP contribution in [-0.2, 0) is 19.6 Å². The third kappa shape index (κ3) is 5.29. The number of amides is 1. The maximum Gasteiger partial charge on any atom is 0.338 e.